The van der Waals surface area contributed by atoms with Gasteiger partial charge in [-0.25, -0.2) is 0 Å². The van der Waals surface area contributed by atoms with E-state index in [9.17, 15) is 0 Å². The van der Waals surface area contributed by atoms with Crippen molar-refractivity contribution in [2.24, 2.45) is 4.99 Å². The zero-order chi connectivity index (χ0) is 18.2. The molecular formula is C19H33N5OS. The van der Waals surface area contributed by atoms with E-state index in [0.717, 1.165) is 71.3 Å². The largest absolute Gasteiger partial charge is 0.379 e. The summed E-state index contributed by atoms with van der Waals surface area (Å²) in [4.78, 5) is 9.81. The van der Waals surface area contributed by atoms with Gasteiger partial charge in [0, 0.05) is 44.8 Å². The first-order valence-corrected chi connectivity index (χ1v) is 10.8. The molecule has 1 aromatic rings. The molecule has 3 rings (SSSR count). The third kappa shape index (κ3) is 5.59. The third-order valence-corrected chi connectivity index (χ3v) is 6.11. The first kappa shape index (κ1) is 19.5. The predicted octanol–water partition coefficient (Wildman–Crippen LogP) is 1.99. The Morgan fingerprint density at radius 1 is 1.31 bits per heavy atom. The van der Waals surface area contributed by atoms with Gasteiger partial charge in [-0.3, -0.25) is 9.89 Å². The van der Waals surface area contributed by atoms with E-state index < -0.39 is 0 Å². The SMILES string of the molecule is CCNC(=NCC(C)N1CCOCC1)NC1CCN(c2cccs2)CC1. The van der Waals surface area contributed by atoms with Gasteiger partial charge < -0.3 is 20.3 Å². The van der Waals surface area contributed by atoms with Crippen LogP contribution in [-0.4, -0.2) is 75.4 Å². The summed E-state index contributed by atoms with van der Waals surface area (Å²) in [5.41, 5.74) is 0. The minimum Gasteiger partial charge on any atom is -0.379 e. The minimum atomic E-state index is 0.454. The van der Waals surface area contributed by atoms with Crippen LogP contribution in [0.5, 0.6) is 0 Å². The summed E-state index contributed by atoms with van der Waals surface area (Å²) >= 11 is 1.83. The van der Waals surface area contributed by atoms with Gasteiger partial charge in [0.2, 0.25) is 0 Å². The average molecular weight is 380 g/mol. The second-order valence-corrected chi connectivity index (χ2v) is 8.00. The smallest absolute Gasteiger partial charge is 0.191 e. The summed E-state index contributed by atoms with van der Waals surface area (Å²) in [6.45, 7) is 12.0. The summed E-state index contributed by atoms with van der Waals surface area (Å²) in [5, 5.41) is 10.6. The molecule has 0 spiro atoms. The molecular weight excluding hydrogens is 346 g/mol. The van der Waals surface area contributed by atoms with Crippen molar-refractivity contribution >= 4 is 22.3 Å². The van der Waals surface area contributed by atoms with Crippen LogP contribution in [0.15, 0.2) is 22.5 Å². The lowest BCUT2D eigenvalue weighted by Crippen LogP contribution is -2.49. The van der Waals surface area contributed by atoms with E-state index in [0.29, 0.717) is 12.1 Å². The molecule has 1 atom stereocenters. The maximum atomic E-state index is 5.44. The molecule has 2 fully saturated rings. The summed E-state index contributed by atoms with van der Waals surface area (Å²) < 4.78 is 5.44. The Kier molecular flexibility index (Phi) is 7.58. The van der Waals surface area contributed by atoms with Gasteiger partial charge in [-0.2, -0.15) is 0 Å². The number of hydrogen-bond acceptors (Lipinski definition) is 5. The number of thiophene rings is 1. The van der Waals surface area contributed by atoms with Crippen LogP contribution >= 0.6 is 11.3 Å². The monoisotopic (exact) mass is 379 g/mol. The normalized spacial score (nSPS) is 21.6. The molecule has 1 unspecified atom stereocenters. The van der Waals surface area contributed by atoms with Crippen LogP contribution in [0.2, 0.25) is 0 Å². The molecule has 0 radical (unpaired) electrons. The van der Waals surface area contributed by atoms with Crippen molar-refractivity contribution in [3.05, 3.63) is 17.5 Å². The molecule has 26 heavy (non-hydrogen) atoms. The number of piperidine rings is 1. The van der Waals surface area contributed by atoms with Crippen LogP contribution in [0.1, 0.15) is 26.7 Å². The molecule has 2 saturated heterocycles. The maximum Gasteiger partial charge on any atom is 0.191 e. The Bertz CT molecular complexity index is 536. The fourth-order valence-corrected chi connectivity index (χ4v) is 4.35. The predicted molar refractivity (Wildman–Crippen MR) is 111 cm³/mol. The van der Waals surface area contributed by atoms with E-state index >= 15 is 0 Å². The molecule has 2 aliphatic rings. The van der Waals surface area contributed by atoms with E-state index in [-0.39, 0.29) is 0 Å². The number of guanidine groups is 1. The molecule has 2 aliphatic heterocycles. The van der Waals surface area contributed by atoms with Crippen LogP contribution in [0.3, 0.4) is 0 Å². The number of nitrogens with one attached hydrogen (secondary N) is 2. The van der Waals surface area contributed by atoms with E-state index in [2.05, 4.69) is 51.8 Å². The van der Waals surface area contributed by atoms with Crippen LogP contribution in [0.25, 0.3) is 0 Å². The van der Waals surface area contributed by atoms with Gasteiger partial charge in [-0.05, 0) is 44.2 Å². The van der Waals surface area contributed by atoms with Crippen LogP contribution in [0.4, 0.5) is 5.00 Å². The Morgan fingerprint density at radius 3 is 2.73 bits per heavy atom. The molecule has 0 saturated carbocycles. The number of nitrogens with zero attached hydrogens (tertiary/aromatic N) is 3. The van der Waals surface area contributed by atoms with Crippen LogP contribution < -0.4 is 15.5 Å². The highest BCUT2D eigenvalue weighted by Crippen LogP contribution is 2.24. The summed E-state index contributed by atoms with van der Waals surface area (Å²) in [5.74, 6) is 0.960. The van der Waals surface area contributed by atoms with E-state index in [1.54, 1.807) is 0 Å². The molecule has 146 valence electrons. The highest BCUT2D eigenvalue weighted by atomic mass is 32.1. The van der Waals surface area contributed by atoms with E-state index in [1.165, 1.54) is 5.00 Å². The second kappa shape index (κ2) is 10.1. The molecule has 0 bridgehead atoms. The zero-order valence-electron chi connectivity index (χ0n) is 16.1. The molecule has 1 aromatic heterocycles. The van der Waals surface area contributed by atoms with Crippen LogP contribution in [0, 0.1) is 0 Å². The lowest BCUT2D eigenvalue weighted by atomic mass is 10.1. The molecule has 0 aromatic carbocycles. The Balaban J connectivity index is 1.47. The van der Waals surface area contributed by atoms with Crippen molar-refractivity contribution in [2.45, 2.75) is 38.8 Å². The van der Waals surface area contributed by atoms with Crippen molar-refractivity contribution in [2.75, 3.05) is 57.4 Å². The zero-order valence-corrected chi connectivity index (χ0v) is 16.9. The maximum absolute atomic E-state index is 5.44. The fourth-order valence-electron chi connectivity index (χ4n) is 3.56. The number of hydrogen-bond donors (Lipinski definition) is 2. The molecule has 3 heterocycles. The van der Waals surface area contributed by atoms with Crippen molar-refractivity contribution in [3.63, 3.8) is 0 Å². The van der Waals surface area contributed by atoms with E-state index in [1.807, 2.05) is 11.3 Å². The Labute approximate surface area is 161 Å². The number of rotatable bonds is 6. The second-order valence-electron chi connectivity index (χ2n) is 7.07. The highest BCUT2D eigenvalue weighted by molar-refractivity contribution is 7.14. The number of morpholine rings is 1. The fraction of sp³-hybridized carbons (Fsp3) is 0.737. The van der Waals surface area contributed by atoms with Crippen LogP contribution in [-0.2, 0) is 4.74 Å². The quantitative estimate of drug-likeness (QED) is 0.585. The lowest BCUT2D eigenvalue weighted by molar-refractivity contribution is 0.0220. The van der Waals surface area contributed by atoms with Crippen molar-refractivity contribution < 1.29 is 4.74 Å². The average Bonchev–Trinajstić information content (AvgIpc) is 3.22. The van der Waals surface area contributed by atoms with Crippen molar-refractivity contribution in [3.8, 4) is 0 Å². The van der Waals surface area contributed by atoms with Gasteiger partial charge in [0.15, 0.2) is 5.96 Å². The highest BCUT2D eigenvalue weighted by Gasteiger charge is 2.21. The minimum absolute atomic E-state index is 0.454. The topological polar surface area (TPSA) is 52.1 Å². The van der Waals surface area contributed by atoms with Gasteiger partial charge >= 0.3 is 0 Å². The summed E-state index contributed by atoms with van der Waals surface area (Å²) in [6, 6.07) is 5.31. The molecule has 0 amide bonds. The van der Waals surface area contributed by atoms with E-state index in [4.69, 9.17) is 9.73 Å². The van der Waals surface area contributed by atoms with Gasteiger partial charge in [-0.1, -0.05) is 0 Å². The Morgan fingerprint density at radius 2 is 2.08 bits per heavy atom. The molecule has 2 N–H and O–H groups in total. The Hall–Kier alpha value is -1.31. The molecule has 0 aliphatic carbocycles. The molecule has 6 nitrogen and oxygen atoms in total. The third-order valence-electron chi connectivity index (χ3n) is 5.18. The number of aliphatic imine (C=N–C) groups is 1. The summed E-state index contributed by atoms with van der Waals surface area (Å²) in [7, 11) is 0. The number of ether oxygens (including phenoxy) is 1. The molecule has 7 heteroatoms. The van der Waals surface area contributed by atoms with Crippen molar-refractivity contribution in [1.29, 1.82) is 0 Å². The first-order valence-electron chi connectivity index (χ1n) is 9.91. The summed E-state index contributed by atoms with van der Waals surface area (Å²) in [6.07, 6.45) is 2.31. The van der Waals surface area contributed by atoms with Gasteiger partial charge in [-0.15, -0.1) is 11.3 Å². The standard InChI is InChI=1S/C19H33N5OS/c1-3-20-19(21-15-16(2)23-10-12-25-13-11-23)22-17-6-8-24(9-7-17)18-5-4-14-26-18/h4-5,14,16-17H,3,6-13,15H2,1-2H3,(H2,20,21,22). The first-order chi connectivity index (χ1) is 12.8. The van der Waals surface area contributed by atoms with Gasteiger partial charge in [0.25, 0.3) is 0 Å². The van der Waals surface area contributed by atoms with Gasteiger partial charge in [0.1, 0.15) is 0 Å². The number of anilines is 1. The van der Waals surface area contributed by atoms with Crippen molar-refractivity contribution in [1.82, 2.24) is 15.5 Å². The van der Waals surface area contributed by atoms with Gasteiger partial charge in [0.05, 0.1) is 24.8 Å². The lowest BCUT2D eigenvalue weighted by Gasteiger charge is -2.34.